The van der Waals surface area contributed by atoms with E-state index in [1.165, 1.54) is 24.2 Å². The fourth-order valence-electron chi connectivity index (χ4n) is 5.40. The van der Waals surface area contributed by atoms with Gasteiger partial charge in [0.1, 0.15) is 11.4 Å². The number of nitrogens with zero attached hydrogens (tertiary/aromatic N) is 1. The molecule has 12 nitrogen and oxygen atoms in total. The molecule has 0 spiro atoms. The highest BCUT2D eigenvalue weighted by molar-refractivity contribution is 8.13. The number of rotatable bonds is 11. The van der Waals surface area contributed by atoms with Crippen LogP contribution in [0.15, 0.2) is 40.7 Å². The van der Waals surface area contributed by atoms with Crippen LogP contribution in [0.1, 0.15) is 26.2 Å². The molecular formula is C25H34N4O8S2. The summed E-state index contributed by atoms with van der Waals surface area (Å²) in [5.41, 5.74) is 2.55. The Hall–Kier alpha value is -2.94. The van der Waals surface area contributed by atoms with E-state index in [4.69, 9.17) is 20.6 Å². The van der Waals surface area contributed by atoms with Crippen molar-refractivity contribution < 1.29 is 50.2 Å². The van der Waals surface area contributed by atoms with Crippen LogP contribution in [0.5, 0.6) is 0 Å². The molecule has 4 bridgehead atoms. The number of nitrogens with one attached hydrogen (secondary N) is 1. The predicted molar refractivity (Wildman–Crippen MR) is 142 cm³/mol. The first-order valence-corrected chi connectivity index (χ1v) is 14.7. The quantitative estimate of drug-likeness (QED) is 0.101. The zero-order valence-corrected chi connectivity index (χ0v) is 23.3. The molecular weight excluding hydrogens is 548 g/mol. The monoisotopic (exact) mass is 582 g/mol. The third-order valence-electron chi connectivity index (χ3n) is 6.97. The summed E-state index contributed by atoms with van der Waals surface area (Å²) >= 11 is 3.60. The molecule has 0 radical (unpaired) electrons. The van der Waals surface area contributed by atoms with Crippen LogP contribution in [0.4, 0.5) is 0 Å². The summed E-state index contributed by atoms with van der Waals surface area (Å²) in [6, 6.07) is 0. The number of carbonyl (C=O) groups excluding carboxylic acids is 2. The fourth-order valence-corrected chi connectivity index (χ4v) is 6.65. The Balaban J connectivity index is 0.000000277. The van der Waals surface area contributed by atoms with E-state index in [1.807, 2.05) is 11.8 Å². The van der Waals surface area contributed by atoms with Crippen molar-refractivity contribution >= 4 is 58.4 Å². The van der Waals surface area contributed by atoms with Crippen molar-refractivity contribution in [1.82, 2.24) is 0 Å². The van der Waals surface area contributed by atoms with Gasteiger partial charge in [0.15, 0.2) is 0 Å². The molecule has 5 aliphatic rings. The standard InChI is InChI=1S/C17H26N4S2.2C4H4O4/c1-9-14(3-4-22-2)21-17(20-9)23-8-15(18)19-7-13-10-5-11-12(6-10)16(11)13;2*5-3(6)1-2-4(7)8/h10-13,16H,3-8H2,1-2H3,(H2,18,19)(H,20,21);2*1-2H,(H,5,6)(H,7,8)/b;2*2-1+. The highest BCUT2D eigenvalue weighted by Crippen LogP contribution is 2.72. The number of aliphatic carboxylic acids is 4. The van der Waals surface area contributed by atoms with Gasteiger partial charge in [-0.2, -0.15) is 16.8 Å². The summed E-state index contributed by atoms with van der Waals surface area (Å²) in [7, 11) is 0. The number of amidine groups is 2. The van der Waals surface area contributed by atoms with Gasteiger partial charge in [0.2, 0.25) is 5.84 Å². The number of carbonyl (C=O) groups is 4. The molecule has 0 aromatic carbocycles. The Morgan fingerprint density at radius 2 is 1.64 bits per heavy atom. The molecule has 7 N–H and O–H groups in total. The van der Waals surface area contributed by atoms with Crippen molar-refractivity contribution in [1.29, 1.82) is 5.41 Å². The summed E-state index contributed by atoms with van der Waals surface area (Å²) in [6.07, 6.45) is 8.10. The predicted octanol–water partition coefficient (Wildman–Crippen LogP) is -2.17. The zero-order valence-electron chi connectivity index (χ0n) is 21.7. The average molecular weight is 583 g/mol. The summed E-state index contributed by atoms with van der Waals surface area (Å²) in [4.78, 5) is 42.7. The number of aliphatic imine (C=N–C) groups is 1. The van der Waals surface area contributed by atoms with Crippen LogP contribution in [-0.2, 0) is 19.2 Å². The average Bonchev–Trinajstić information content (AvgIpc) is 3.31. The van der Waals surface area contributed by atoms with Crippen molar-refractivity contribution in [3.8, 4) is 0 Å². The Bertz CT molecular complexity index is 1010. The van der Waals surface area contributed by atoms with E-state index in [0.29, 0.717) is 24.3 Å². The first-order valence-electron chi connectivity index (χ1n) is 12.3. The highest BCUT2D eigenvalue weighted by Gasteiger charge is 2.68. The van der Waals surface area contributed by atoms with Gasteiger partial charge in [-0.3, -0.25) is 10.7 Å². The summed E-state index contributed by atoms with van der Waals surface area (Å²) in [5.74, 6) is 2.26. The van der Waals surface area contributed by atoms with Gasteiger partial charge in [-0.25, -0.2) is 9.59 Å². The largest absolute Gasteiger partial charge is 0.545 e. The van der Waals surface area contributed by atoms with E-state index in [-0.39, 0.29) is 0 Å². The lowest BCUT2D eigenvalue weighted by Gasteiger charge is -2.12. The molecule has 3 unspecified atom stereocenters. The van der Waals surface area contributed by atoms with Crippen LogP contribution >= 0.6 is 23.5 Å². The molecule has 0 saturated heterocycles. The van der Waals surface area contributed by atoms with Gasteiger partial charge in [-0.05, 0) is 72.4 Å². The Kier molecular flexibility index (Phi) is 12.9. The van der Waals surface area contributed by atoms with Gasteiger partial charge in [0.05, 0.1) is 24.2 Å². The first-order chi connectivity index (χ1) is 18.4. The molecule has 39 heavy (non-hydrogen) atoms. The lowest BCUT2D eigenvalue weighted by molar-refractivity contribution is -0.550. The van der Waals surface area contributed by atoms with Gasteiger partial charge < -0.3 is 35.3 Å². The van der Waals surface area contributed by atoms with E-state index in [9.17, 15) is 29.4 Å². The van der Waals surface area contributed by atoms with E-state index in [1.54, 1.807) is 11.8 Å². The minimum Gasteiger partial charge on any atom is -0.545 e. The number of nitrogens with two attached hydrogens (primary N) is 2. The maximum Gasteiger partial charge on any atom is 0.328 e. The number of thioether (sulfide) groups is 2. The normalized spacial score (nSPS) is 25.6. The minimum atomic E-state index is -1.51. The van der Waals surface area contributed by atoms with Crippen molar-refractivity contribution in [3.63, 3.8) is 0 Å². The highest BCUT2D eigenvalue weighted by atomic mass is 32.2. The second-order valence-electron chi connectivity index (χ2n) is 9.50. The van der Waals surface area contributed by atoms with Crippen molar-refractivity contribution in [2.45, 2.75) is 26.2 Å². The van der Waals surface area contributed by atoms with Gasteiger partial charge in [-0.1, -0.05) is 0 Å². The molecule has 0 amide bonds. The molecule has 1 aliphatic heterocycles. The van der Waals surface area contributed by atoms with Crippen molar-refractivity contribution in [2.24, 2.45) is 34.6 Å². The number of carboxylic acid groups (broad SMARTS) is 4. The van der Waals surface area contributed by atoms with E-state index >= 15 is 0 Å². The van der Waals surface area contributed by atoms with Crippen LogP contribution in [0, 0.1) is 35.0 Å². The summed E-state index contributed by atoms with van der Waals surface area (Å²) < 4.78 is 0. The Morgan fingerprint density at radius 3 is 2.05 bits per heavy atom. The fraction of sp³-hybridized carbons (Fsp3) is 0.520. The van der Waals surface area contributed by atoms with E-state index in [2.05, 4.69) is 23.8 Å². The number of carboxylic acids is 4. The van der Waals surface area contributed by atoms with Gasteiger partial charge in [0, 0.05) is 31.4 Å². The SMILES string of the molecule is CSCCC1=C(C)[NH2+]C(SCC(=N)[NH2+]CC2C3CC4C(C3)C24)=N1.O=C([O-])/C=C/C(=O)O.O=C([O-])/C=C/C(=O)O. The van der Waals surface area contributed by atoms with Gasteiger partial charge in [-0.15, -0.1) is 0 Å². The van der Waals surface area contributed by atoms with Crippen LogP contribution in [0.2, 0.25) is 0 Å². The molecule has 4 fully saturated rings. The van der Waals surface area contributed by atoms with Crippen LogP contribution < -0.4 is 20.8 Å². The van der Waals surface area contributed by atoms with E-state index < -0.39 is 23.9 Å². The second-order valence-corrected chi connectivity index (χ2v) is 11.5. The molecule has 0 aromatic heterocycles. The van der Waals surface area contributed by atoms with E-state index in [0.717, 1.165) is 65.1 Å². The first kappa shape index (κ1) is 32.3. The molecule has 4 aliphatic carbocycles. The number of quaternary nitrogens is 2. The lowest BCUT2D eigenvalue weighted by atomic mass is 9.98. The maximum absolute atomic E-state index is 9.53. The third-order valence-corrected chi connectivity index (χ3v) is 8.54. The van der Waals surface area contributed by atoms with Crippen LogP contribution in [-0.4, -0.2) is 69.4 Å². The van der Waals surface area contributed by atoms with Crippen LogP contribution in [0.25, 0.3) is 0 Å². The molecule has 3 atom stereocenters. The molecule has 214 valence electrons. The maximum atomic E-state index is 9.53. The zero-order chi connectivity index (χ0) is 29.1. The number of allylic oxidation sites excluding steroid dienone is 2. The topological polar surface area (TPSA) is 224 Å². The molecule has 0 aromatic rings. The molecule has 4 saturated carbocycles. The molecule has 1 heterocycles. The van der Waals surface area contributed by atoms with Gasteiger partial charge >= 0.3 is 11.9 Å². The van der Waals surface area contributed by atoms with Crippen molar-refractivity contribution in [3.05, 3.63) is 35.7 Å². The Labute approximate surface area is 234 Å². The second kappa shape index (κ2) is 15.6. The lowest BCUT2D eigenvalue weighted by Crippen LogP contribution is -2.90. The minimum absolute atomic E-state index is 0.447. The van der Waals surface area contributed by atoms with Gasteiger partial charge in [0.25, 0.3) is 5.17 Å². The summed E-state index contributed by atoms with van der Waals surface area (Å²) in [6.45, 7) is 3.32. The van der Waals surface area contributed by atoms with Crippen LogP contribution in [0.3, 0.4) is 0 Å². The summed E-state index contributed by atoms with van der Waals surface area (Å²) in [5, 5.41) is 48.2. The number of hydrogen-bond acceptors (Lipinski definition) is 10. The smallest absolute Gasteiger partial charge is 0.328 e. The third kappa shape index (κ3) is 11.0. The number of hydrogen-bond donors (Lipinski definition) is 5. The van der Waals surface area contributed by atoms with Crippen molar-refractivity contribution in [2.75, 3.05) is 24.3 Å². The molecule has 5 rings (SSSR count). The molecule has 14 heteroatoms. The Morgan fingerprint density at radius 1 is 1.08 bits per heavy atom.